The summed E-state index contributed by atoms with van der Waals surface area (Å²) in [4.78, 5) is 24.9. The highest BCUT2D eigenvalue weighted by molar-refractivity contribution is 9.10. The van der Waals surface area contributed by atoms with Gasteiger partial charge in [0.2, 0.25) is 5.72 Å². The average Bonchev–Trinajstić information content (AvgIpc) is 2.61. The summed E-state index contributed by atoms with van der Waals surface area (Å²) in [5.41, 5.74) is -3.48. The van der Waals surface area contributed by atoms with E-state index < -0.39 is 35.7 Å². The molecule has 0 aliphatic carbocycles. The van der Waals surface area contributed by atoms with Crippen LogP contribution in [0.3, 0.4) is 0 Å². The third kappa shape index (κ3) is 3.57. The maximum Gasteiger partial charge on any atom is 0.437 e. The van der Waals surface area contributed by atoms with E-state index in [4.69, 9.17) is 0 Å². The molecular formula is C18H14BrF3N2O3. The highest BCUT2D eigenvalue weighted by Crippen LogP contribution is 2.43. The molecule has 2 amide bonds. The van der Waals surface area contributed by atoms with E-state index in [0.717, 1.165) is 0 Å². The summed E-state index contributed by atoms with van der Waals surface area (Å²) in [6, 6.07) is 10.9. The molecule has 0 saturated carbocycles. The Morgan fingerprint density at radius 1 is 1.07 bits per heavy atom. The van der Waals surface area contributed by atoms with Gasteiger partial charge in [-0.05, 0) is 17.7 Å². The Hall–Kier alpha value is -2.39. The number of hydrogen-bond acceptors (Lipinski definition) is 3. The van der Waals surface area contributed by atoms with Crippen molar-refractivity contribution in [2.75, 3.05) is 0 Å². The number of alkyl halides is 3. The average molecular weight is 443 g/mol. The van der Waals surface area contributed by atoms with Crippen LogP contribution in [0.15, 0.2) is 59.1 Å². The minimum Gasteiger partial charge on any atom is -0.363 e. The molecule has 1 heterocycles. The van der Waals surface area contributed by atoms with E-state index in [1.54, 1.807) is 18.2 Å². The van der Waals surface area contributed by atoms with Crippen LogP contribution in [0.25, 0.3) is 0 Å². The van der Waals surface area contributed by atoms with Gasteiger partial charge in [-0.2, -0.15) is 13.2 Å². The zero-order valence-electron chi connectivity index (χ0n) is 13.6. The lowest BCUT2D eigenvalue weighted by Gasteiger charge is -2.45. The summed E-state index contributed by atoms with van der Waals surface area (Å²) in [6.07, 6.45) is -5.27. The van der Waals surface area contributed by atoms with Gasteiger partial charge in [-0.1, -0.05) is 58.4 Å². The molecular weight excluding hydrogens is 429 g/mol. The fourth-order valence-corrected chi connectivity index (χ4v) is 3.34. The zero-order chi connectivity index (χ0) is 19.8. The van der Waals surface area contributed by atoms with E-state index >= 15 is 0 Å². The highest BCUT2D eigenvalue weighted by Gasteiger charge is 2.66. The molecule has 1 saturated heterocycles. The minimum absolute atomic E-state index is 0.0234. The van der Waals surface area contributed by atoms with Crippen LogP contribution in [-0.4, -0.2) is 28.8 Å². The topological polar surface area (TPSA) is 78.4 Å². The van der Waals surface area contributed by atoms with E-state index in [1.165, 1.54) is 41.7 Å². The van der Waals surface area contributed by atoms with Gasteiger partial charge in [0.25, 0.3) is 0 Å². The molecule has 3 atom stereocenters. The zero-order valence-corrected chi connectivity index (χ0v) is 15.2. The minimum atomic E-state index is -5.27. The van der Waals surface area contributed by atoms with Crippen molar-refractivity contribution in [1.82, 2.24) is 10.6 Å². The number of carbonyl (C=O) groups is 2. The number of urea groups is 1. The van der Waals surface area contributed by atoms with Gasteiger partial charge in [-0.15, -0.1) is 0 Å². The maximum atomic E-state index is 13.7. The van der Waals surface area contributed by atoms with E-state index in [-0.39, 0.29) is 11.1 Å². The Morgan fingerprint density at radius 2 is 1.67 bits per heavy atom. The van der Waals surface area contributed by atoms with E-state index in [1.807, 2.05) is 0 Å². The van der Waals surface area contributed by atoms with Gasteiger partial charge < -0.3 is 15.7 Å². The molecule has 9 heteroatoms. The lowest BCUT2D eigenvalue weighted by atomic mass is 9.77. The standard InChI is InChI=1S/C18H14BrF3N2O3/c19-12-8-6-11(7-9-12)15(25)13-14(10-4-2-1-3-5-10)23-16(26)24-17(13,27)18(20,21)22/h1-9,13-14,27H,(H2,23,24,26)/t13-,14-,17-/m0/s1. The summed E-state index contributed by atoms with van der Waals surface area (Å²) in [5, 5.41) is 14.3. The quantitative estimate of drug-likeness (QED) is 0.636. The Kier molecular flexibility index (Phi) is 5.00. The van der Waals surface area contributed by atoms with Crippen LogP contribution in [0.1, 0.15) is 22.0 Å². The molecule has 27 heavy (non-hydrogen) atoms. The summed E-state index contributed by atoms with van der Waals surface area (Å²) in [5.74, 6) is -2.98. The van der Waals surface area contributed by atoms with Gasteiger partial charge in [0.05, 0.1) is 6.04 Å². The molecule has 1 aliphatic rings. The first-order valence-corrected chi connectivity index (χ1v) is 8.65. The van der Waals surface area contributed by atoms with Crippen molar-refractivity contribution in [1.29, 1.82) is 0 Å². The molecule has 0 radical (unpaired) electrons. The molecule has 0 aromatic heterocycles. The highest BCUT2D eigenvalue weighted by atomic mass is 79.9. The number of hydrogen-bond donors (Lipinski definition) is 3. The second-order valence-corrected chi connectivity index (χ2v) is 7.02. The fourth-order valence-electron chi connectivity index (χ4n) is 3.07. The smallest absolute Gasteiger partial charge is 0.363 e. The summed E-state index contributed by atoms with van der Waals surface area (Å²) >= 11 is 3.19. The molecule has 3 rings (SSSR count). The fraction of sp³-hybridized carbons (Fsp3) is 0.222. The SMILES string of the molecule is O=C1N[C@@H](c2ccccc2)[C@@H](C(=O)c2ccc(Br)cc2)[C@](O)(C(F)(F)F)N1. The van der Waals surface area contributed by atoms with Gasteiger partial charge in [-0.25, -0.2) is 4.79 Å². The molecule has 0 bridgehead atoms. The summed E-state index contributed by atoms with van der Waals surface area (Å²) < 4.78 is 41.8. The first-order valence-electron chi connectivity index (χ1n) is 7.86. The van der Waals surface area contributed by atoms with Crippen molar-refractivity contribution >= 4 is 27.7 Å². The summed E-state index contributed by atoms with van der Waals surface area (Å²) in [6.45, 7) is 0. The van der Waals surface area contributed by atoms with Crippen LogP contribution in [0.2, 0.25) is 0 Å². The lowest BCUT2D eigenvalue weighted by molar-refractivity contribution is -0.287. The molecule has 1 aliphatic heterocycles. The number of Topliss-reactive ketones (excluding diaryl/α,β-unsaturated/α-hetero) is 1. The van der Waals surface area contributed by atoms with Crippen molar-refractivity contribution in [3.63, 3.8) is 0 Å². The summed E-state index contributed by atoms with van der Waals surface area (Å²) in [7, 11) is 0. The predicted molar refractivity (Wildman–Crippen MR) is 93.8 cm³/mol. The molecule has 0 unspecified atom stereocenters. The molecule has 2 aromatic carbocycles. The van der Waals surface area contributed by atoms with Crippen LogP contribution in [-0.2, 0) is 0 Å². The molecule has 0 spiro atoms. The van der Waals surface area contributed by atoms with Crippen LogP contribution in [0.4, 0.5) is 18.0 Å². The third-order valence-electron chi connectivity index (χ3n) is 4.38. The Bertz CT molecular complexity index is 858. The third-order valence-corrected chi connectivity index (χ3v) is 4.90. The van der Waals surface area contributed by atoms with E-state index in [9.17, 15) is 27.9 Å². The Morgan fingerprint density at radius 3 is 2.22 bits per heavy atom. The van der Waals surface area contributed by atoms with Gasteiger partial charge in [-0.3, -0.25) is 4.79 Å². The van der Waals surface area contributed by atoms with Gasteiger partial charge >= 0.3 is 12.2 Å². The molecule has 142 valence electrons. The molecule has 5 nitrogen and oxygen atoms in total. The van der Waals surface area contributed by atoms with Crippen molar-refractivity contribution in [2.45, 2.75) is 17.9 Å². The molecule has 3 N–H and O–H groups in total. The number of amides is 2. The van der Waals surface area contributed by atoms with E-state index in [2.05, 4.69) is 21.2 Å². The van der Waals surface area contributed by atoms with Crippen LogP contribution in [0.5, 0.6) is 0 Å². The second kappa shape index (κ2) is 6.97. The Balaban J connectivity index is 2.15. The van der Waals surface area contributed by atoms with Crippen molar-refractivity contribution < 1.29 is 27.9 Å². The number of rotatable bonds is 3. The predicted octanol–water partition coefficient (Wildman–Crippen LogP) is 3.55. The van der Waals surface area contributed by atoms with Crippen molar-refractivity contribution in [2.24, 2.45) is 5.92 Å². The number of benzene rings is 2. The number of aliphatic hydroxyl groups is 1. The molecule has 2 aromatic rings. The number of nitrogens with one attached hydrogen (secondary N) is 2. The van der Waals surface area contributed by atoms with E-state index in [0.29, 0.717) is 4.47 Å². The molecule has 1 fully saturated rings. The van der Waals surface area contributed by atoms with Crippen molar-refractivity contribution in [3.05, 3.63) is 70.2 Å². The maximum absolute atomic E-state index is 13.7. The second-order valence-electron chi connectivity index (χ2n) is 6.10. The van der Waals surface area contributed by atoms with Gasteiger partial charge in [0.1, 0.15) is 5.92 Å². The van der Waals surface area contributed by atoms with Crippen molar-refractivity contribution in [3.8, 4) is 0 Å². The van der Waals surface area contributed by atoms with Crippen LogP contribution < -0.4 is 10.6 Å². The first kappa shape index (κ1) is 19.4. The van der Waals surface area contributed by atoms with Gasteiger partial charge in [0, 0.05) is 10.0 Å². The monoisotopic (exact) mass is 442 g/mol. The van der Waals surface area contributed by atoms with Crippen LogP contribution >= 0.6 is 15.9 Å². The largest absolute Gasteiger partial charge is 0.437 e. The first-order chi connectivity index (χ1) is 12.6. The number of ketones is 1. The normalized spacial score (nSPS) is 25.4. The van der Waals surface area contributed by atoms with Gasteiger partial charge in [0.15, 0.2) is 5.78 Å². The van der Waals surface area contributed by atoms with Crippen LogP contribution in [0, 0.1) is 5.92 Å². The Labute approximate surface area is 160 Å². The number of carbonyl (C=O) groups excluding carboxylic acids is 2. The number of halogens is 4. The lowest BCUT2D eigenvalue weighted by Crippen LogP contribution is -2.72.